The number of methoxy groups -OCH3 is 1. The normalized spacial score (nSPS) is 16.2. The van der Waals surface area contributed by atoms with Gasteiger partial charge in [-0.25, -0.2) is 0 Å². The first-order chi connectivity index (χ1) is 11.6. The third kappa shape index (κ3) is 5.50. The third-order valence-corrected chi connectivity index (χ3v) is 4.09. The Hall–Kier alpha value is -2.12. The van der Waals surface area contributed by atoms with Crippen molar-refractivity contribution in [2.45, 2.75) is 13.0 Å². The van der Waals surface area contributed by atoms with Gasteiger partial charge in [0.05, 0.1) is 13.2 Å². The minimum atomic E-state index is -0.612. The number of nitrogens with zero attached hydrogens (tertiary/aromatic N) is 1. The van der Waals surface area contributed by atoms with Crippen molar-refractivity contribution in [1.29, 1.82) is 0 Å². The molecule has 1 aromatic carbocycles. The molecule has 1 heterocycles. The minimum Gasteiger partial charge on any atom is -0.497 e. The first kappa shape index (κ1) is 18.2. The zero-order chi connectivity index (χ0) is 17.4. The quantitative estimate of drug-likeness (QED) is 0.633. The van der Waals surface area contributed by atoms with Gasteiger partial charge in [0.15, 0.2) is 0 Å². The Labute approximate surface area is 142 Å². The van der Waals surface area contributed by atoms with Gasteiger partial charge in [-0.3, -0.25) is 14.5 Å². The lowest BCUT2D eigenvalue weighted by Crippen LogP contribution is -2.48. The number of amides is 2. The van der Waals surface area contributed by atoms with E-state index in [0.29, 0.717) is 6.54 Å². The third-order valence-electron chi connectivity index (χ3n) is 4.09. The molecule has 1 saturated heterocycles. The lowest BCUT2D eigenvalue weighted by Gasteiger charge is -2.27. The zero-order valence-corrected chi connectivity index (χ0v) is 14.3. The first-order valence-electron chi connectivity index (χ1n) is 8.26. The highest BCUT2D eigenvalue weighted by Crippen LogP contribution is 2.16. The number of piperazine rings is 1. The van der Waals surface area contributed by atoms with Crippen molar-refractivity contribution in [3.63, 3.8) is 0 Å². The van der Waals surface area contributed by atoms with Crippen LogP contribution in [0.1, 0.15) is 18.5 Å². The molecule has 3 N–H and O–H groups in total. The van der Waals surface area contributed by atoms with E-state index in [9.17, 15) is 9.59 Å². The van der Waals surface area contributed by atoms with Crippen molar-refractivity contribution in [1.82, 2.24) is 20.9 Å². The molecule has 7 heteroatoms. The van der Waals surface area contributed by atoms with E-state index in [4.69, 9.17) is 4.74 Å². The highest BCUT2D eigenvalue weighted by Gasteiger charge is 2.17. The summed E-state index contributed by atoms with van der Waals surface area (Å²) in [6, 6.07) is 7.14. The summed E-state index contributed by atoms with van der Waals surface area (Å²) in [6.45, 7) is 6.94. The Kier molecular flexibility index (Phi) is 7.02. The molecule has 2 amide bonds. The van der Waals surface area contributed by atoms with E-state index in [1.165, 1.54) is 0 Å². The maximum absolute atomic E-state index is 12.0. The van der Waals surface area contributed by atoms with Crippen LogP contribution in [0.15, 0.2) is 24.3 Å². The molecule has 132 valence electrons. The second-order valence-electron chi connectivity index (χ2n) is 5.82. The van der Waals surface area contributed by atoms with Gasteiger partial charge < -0.3 is 20.7 Å². The van der Waals surface area contributed by atoms with Gasteiger partial charge in [-0.05, 0) is 24.6 Å². The van der Waals surface area contributed by atoms with Crippen LogP contribution in [0, 0.1) is 0 Å². The molecular weight excluding hydrogens is 308 g/mol. The van der Waals surface area contributed by atoms with E-state index in [2.05, 4.69) is 20.9 Å². The van der Waals surface area contributed by atoms with E-state index >= 15 is 0 Å². The van der Waals surface area contributed by atoms with Gasteiger partial charge in [0.25, 0.3) is 0 Å². The Balaban J connectivity index is 1.72. The molecular formula is C17H26N4O3. The molecule has 0 spiro atoms. The summed E-state index contributed by atoms with van der Waals surface area (Å²) in [6.07, 6.45) is 0. The molecule has 0 aromatic heterocycles. The predicted octanol–water partition coefficient (Wildman–Crippen LogP) is -0.106. The van der Waals surface area contributed by atoms with Crippen molar-refractivity contribution < 1.29 is 14.3 Å². The van der Waals surface area contributed by atoms with Crippen molar-refractivity contribution in [2.24, 2.45) is 0 Å². The van der Waals surface area contributed by atoms with Gasteiger partial charge in [-0.15, -0.1) is 0 Å². The van der Waals surface area contributed by atoms with Gasteiger partial charge in [0.2, 0.25) is 0 Å². The van der Waals surface area contributed by atoms with Gasteiger partial charge in [-0.1, -0.05) is 12.1 Å². The maximum Gasteiger partial charge on any atom is 0.309 e. The van der Waals surface area contributed by atoms with Crippen molar-refractivity contribution in [2.75, 3.05) is 46.4 Å². The molecule has 0 saturated carbocycles. The van der Waals surface area contributed by atoms with Crippen LogP contribution in [-0.2, 0) is 9.59 Å². The number of rotatable bonds is 6. The van der Waals surface area contributed by atoms with Crippen LogP contribution < -0.4 is 20.7 Å². The SMILES string of the molecule is COc1ccc(C(C)NC(=O)C(=O)NCCN2CCNCC2)cc1. The molecule has 0 bridgehead atoms. The molecule has 7 nitrogen and oxygen atoms in total. The first-order valence-corrected chi connectivity index (χ1v) is 8.26. The second kappa shape index (κ2) is 9.24. The molecule has 0 aliphatic carbocycles. The van der Waals surface area contributed by atoms with Crippen LogP contribution in [0.2, 0.25) is 0 Å². The summed E-state index contributed by atoms with van der Waals surface area (Å²) >= 11 is 0. The van der Waals surface area contributed by atoms with Crippen LogP contribution in [-0.4, -0.2) is 63.1 Å². The fourth-order valence-electron chi connectivity index (χ4n) is 2.58. The molecule has 1 aromatic rings. The summed E-state index contributed by atoms with van der Waals surface area (Å²) < 4.78 is 5.10. The molecule has 0 radical (unpaired) electrons. The van der Waals surface area contributed by atoms with Crippen LogP contribution in [0.5, 0.6) is 5.75 Å². The average molecular weight is 334 g/mol. The van der Waals surface area contributed by atoms with Gasteiger partial charge >= 0.3 is 11.8 Å². The zero-order valence-electron chi connectivity index (χ0n) is 14.3. The van der Waals surface area contributed by atoms with E-state index in [1.54, 1.807) is 7.11 Å². The Morgan fingerprint density at radius 1 is 1.21 bits per heavy atom. The Morgan fingerprint density at radius 2 is 1.88 bits per heavy atom. The maximum atomic E-state index is 12.0. The number of hydrogen-bond donors (Lipinski definition) is 3. The number of hydrogen-bond acceptors (Lipinski definition) is 5. The van der Waals surface area contributed by atoms with Crippen LogP contribution in [0.4, 0.5) is 0 Å². The highest BCUT2D eigenvalue weighted by molar-refractivity contribution is 6.35. The smallest absolute Gasteiger partial charge is 0.309 e. The lowest BCUT2D eigenvalue weighted by molar-refractivity contribution is -0.139. The number of ether oxygens (including phenoxy) is 1. The summed E-state index contributed by atoms with van der Waals surface area (Å²) in [5, 5.41) is 8.65. The topological polar surface area (TPSA) is 82.7 Å². The highest BCUT2D eigenvalue weighted by atomic mass is 16.5. The largest absolute Gasteiger partial charge is 0.497 e. The predicted molar refractivity (Wildman–Crippen MR) is 91.9 cm³/mol. The average Bonchev–Trinajstić information content (AvgIpc) is 2.62. The van der Waals surface area contributed by atoms with Crippen molar-refractivity contribution in [3.8, 4) is 5.75 Å². The number of carbonyl (C=O) groups is 2. The molecule has 1 aliphatic heterocycles. The van der Waals surface area contributed by atoms with E-state index in [-0.39, 0.29) is 6.04 Å². The summed E-state index contributed by atoms with van der Waals surface area (Å²) in [5.41, 5.74) is 0.915. The van der Waals surface area contributed by atoms with Crippen molar-refractivity contribution >= 4 is 11.8 Å². The van der Waals surface area contributed by atoms with E-state index < -0.39 is 11.8 Å². The summed E-state index contributed by atoms with van der Waals surface area (Å²) in [4.78, 5) is 26.1. The standard InChI is InChI=1S/C17H26N4O3/c1-13(14-3-5-15(24-2)6-4-14)20-17(23)16(22)19-9-12-21-10-7-18-8-11-21/h3-6,13,18H,7-12H2,1-2H3,(H,19,22)(H,20,23). The second-order valence-corrected chi connectivity index (χ2v) is 5.82. The molecule has 2 rings (SSSR count). The number of benzene rings is 1. The fraction of sp³-hybridized carbons (Fsp3) is 0.529. The van der Waals surface area contributed by atoms with Crippen molar-refractivity contribution in [3.05, 3.63) is 29.8 Å². The monoisotopic (exact) mass is 334 g/mol. The minimum absolute atomic E-state index is 0.248. The van der Waals surface area contributed by atoms with E-state index in [0.717, 1.165) is 44.0 Å². The number of carbonyl (C=O) groups excluding carboxylic acids is 2. The molecule has 1 fully saturated rings. The Morgan fingerprint density at radius 3 is 2.50 bits per heavy atom. The molecule has 24 heavy (non-hydrogen) atoms. The van der Waals surface area contributed by atoms with Gasteiger partial charge in [0.1, 0.15) is 5.75 Å². The fourth-order valence-corrected chi connectivity index (χ4v) is 2.58. The van der Waals surface area contributed by atoms with Crippen LogP contribution in [0.3, 0.4) is 0 Å². The molecule has 1 unspecified atom stereocenters. The molecule has 1 atom stereocenters. The number of nitrogens with one attached hydrogen (secondary N) is 3. The van der Waals surface area contributed by atoms with Crippen LogP contribution in [0.25, 0.3) is 0 Å². The van der Waals surface area contributed by atoms with E-state index in [1.807, 2.05) is 31.2 Å². The van der Waals surface area contributed by atoms with Gasteiger partial charge in [0, 0.05) is 39.3 Å². The molecule has 1 aliphatic rings. The summed E-state index contributed by atoms with van der Waals surface area (Å²) in [5.74, 6) is -0.452. The van der Waals surface area contributed by atoms with Gasteiger partial charge in [-0.2, -0.15) is 0 Å². The Bertz CT molecular complexity index is 541. The lowest BCUT2D eigenvalue weighted by atomic mass is 10.1. The summed E-state index contributed by atoms with van der Waals surface area (Å²) in [7, 11) is 1.60. The van der Waals surface area contributed by atoms with Crippen LogP contribution >= 0.6 is 0 Å².